The summed E-state index contributed by atoms with van der Waals surface area (Å²) in [4.78, 5) is 38.7. The molecule has 1 aliphatic rings. The number of rotatable bonds is 3. The molecule has 6 nitrogen and oxygen atoms in total. The van der Waals surface area contributed by atoms with Crippen LogP contribution in [0.25, 0.3) is 0 Å². The van der Waals surface area contributed by atoms with E-state index in [1.807, 2.05) is 18.3 Å². The maximum atomic E-state index is 11.4. The lowest BCUT2D eigenvalue weighted by Gasteiger charge is -2.12. The van der Waals surface area contributed by atoms with E-state index in [0.717, 1.165) is 16.9 Å². The number of hydrogen-bond donors (Lipinski definition) is 1. The Morgan fingerprint density at radius 2 is 2.12 bits per heavy atom. The van der Waals surface area contributed by atoms with Gasteiger partial charge in [0.2, 0.25) is 0 Å². The number of nitrogens with zero attached hydrogens (tertiary/aromatic N) is 2. The van der Waals surface area contributed by atoms with E-state index in [-0.39, 0.29) is 6.54 Å². The number of aromatic nitrogens is 1. The number of carbonyl (C=O) groups excluding carboxylic acids is 3. The monoisotopic (exact) mass is 233 g/mol. The Morgan fingerprint density at radius 1 is 1.35 bits per heavy atom. The van der Waals surface area contributed by atoms with E-state index >= 15 is 0 Å². The van der Waals surface area contributed by atoms with Crippen molar-refractivity contribution < 1.29 is 14.4 Å². The molecule has 0 aromatic carbocycles. The molecule has 1 aliphatic heterocycles. The van der Waals surface area contributed by atoms with Crippen LogP contribution >= 0.6 is 0 Å². The van der Waals surface area contributed by atoms with Crippen LogP contribution in [0, 0.1) is 0 Å². The van der Waals surface area contributed by atoms with Gasteiger partial charge in [-0.2, -0.15) is 0 Å². The molecule has 2 heterocycles. The summed E-state index contributed by atoms with van der Waals surface area (Å²) in [6.45, 7) is 1.98. The van der Waals surface area contributed by atoms with E-state index in [9.17, 15) is 14.4 Å². The standard InChI is InChI=1S/C11H11N3O3/c1-2-7-4-3-5-12-8(7)6-14-10(16)9(15)13-11(14)17/h3-5H,2,6H2,1H3,(H,13,15,17). The topological polar surface area (TPSA) is 79.4 Å². The molecule has 0 aliphatic carbocycles. The third-order valence-electron chi connectivity index (χ3n) is 2.58. The van der Waals surface area contributed by atoms with Gasteiger partial charge in [0.05, 0.1) is 12.2 Å². The van der Waals surface area contributed by atoms with Crippen LogP contribution < -0.4 is 5.32 Å². The molecular formula is C11H11N3O3. The summed E-state index contributed by atoms with van der Waals surface area (Å²) in [5.74, 6) is -1.72. The first-order chi connectivity index (χ1) is 8.13. The van der Waals surface area contributed by atoms with E-state index in [2.05, 4.69) is 4.98 Å². The van der Waals surface area contributed by atoms with Crippen LogP contribution in [0.1, 0.15) is 18.2 Å². The van der Waals surface area contributed by atoms with Gasteiger partial charge in [0.25, 0.3) is 0 Å². The second-order valence-corrected chi connectivity index (χ2v) is 3.61. The van der Waals surface area contributed by atoms with Gasteiger partial charge in [0, 0.05) is 6.20 Å². The molecule has 0 radical (unpaired) electrons. The van der Waals surface area contributed by atoms with E-state index in [4.69, 9.17) is 0 Å². The highest BCUT2D eigenvalue weighted by Gasteiger charge is 2.37. The van der Waals surface area contributed by atoms with Crippen molar-refractivity contribution in [2.24, 2.45) is 0 Å². The molecule has 1 aromatic heterocycles. The zero-order valence-corrected chi connectivity index (χ0v) is 9.27. The number of imide groups is 2. The highest BCUT2D eigenvalue weighted by Crippen LogP contribution is 2.12. The summed E-state index contributed by atoms with van der Waals surface area (Å²) in [6.07, 6.45) is 2.34. The normalized spacial score (nSPS) is 15.4. The summed E-state index contributed by atoms with van der Waals surface area (Å²) in [5.41, 5.74) is 1.58. The molecule has 1 saturated heterocycles. The Morgan fingerprint density at radius 3 is 2.71 bits per heavy atom. The fourth-order valence-electron chi connectivity index (χ4n) is 1.66. The van der Waals surface area contributed by atoms with Gasteiger partial charge in [-0.05, 0) is 18.1 Å². The molecule has 1 fully saturated rings. The van der Waals surface area contributed by atoms with Gasteiger partial charge in [0.15, 0.2) is 0 Å². The van der Waals surface area contributed by atoms with Crippen LogP contribution in [0.3, 0.4) is 0 Å². The van der Waals surface area contributed by atoms with E-state index < -0.39 is 17.8 Å². The average molecular weight is 233 g/mol. The van der Waals surface area contributed by atoms with Crippen LogP contribution in [-0.2, 0) is 22.6 Å². The van der Waals surface area contributed by atoms with Crippen molar-refractivity contribution in [3.63, 3.8) is 0 Å². The Labute approximate surface area is 97.6 Å². The molecule has 4 amide bonds. The lowest BCUT2D eigenvalue weighted by Crippen LogP contribution is -2.31. The van der Waals surface area contributed by atoms with Gasteiger partial charge in [-0.25, -0.2) is 9.69 Å². The van der Waals surface area contributed by atoms with Crippen molar-refractivity contribution >= 4 is 17.8 Å². The molecule has 1 N–H and O–H groups in total. The van der Waals surface area contributed by atoms with Crippen LogP contribution in [0.15, 0.2) is 18.3 Å². The van der Waals surface area contributed by atoms with Crippen LogP contribution in [-0.4, -0.2) is 27.7 Å². The molecule has 17 heavy (non-hydrogen) atoms. The second kappa shape index (κ2) is 4.32. The van der Waals surface area contributed by atoms with Gasteiger partial charge < -0.3 is 0 Å². The molecule has 0 spiro atoms. The second-order valence-electron chi connectivity index (χ2n) is 3.61. The SMILES string of the molecule is CCc1cccnc1CN1C(=O)NC(=O)C1=O. The first-order valence-corrected chi connectivity index (χ1v) is 5.23. The lowest BCUT2D eigenvalue weighted by atomic mass is 10.1. The smallest absolute Gasteiger partial charge is 0.269 e. The molecule has 0 unspecified atom stereocenters. The minimum Gasteiger partial charge on any atom is -0.269 e. The van der Waals surface area contributed by atoms with Crippen LogP contribution in [0.2, 0.25) is 0 Å². The van der Waals surface area contributed by atoms with Gasteiger partial charge in [-0.15, -0.1) is 0 Å². The Kier molecular flexibility index (Phi) is 2.86. The minimum atomic E-state index is -0.885. The molecule has 0 atom stereocenters. The number of pyridine rings is 1. The Hall–Kier alpha value is -2.24. The Bertz CT molecular complexity index is 498. The average Bonchev–Trinajstić information content (AvgIpc) is 2.57. The van der Waals surface area contributed by atoms with E-state index in [1.54, 1.807) is 12.3 Å². The molecule has 6 heteroatoms. The van der Waals surface area contributed by atoms with Crippen LogP contribution in [0.5, 0.6) is 0 Å². The van der Waals surface area contributed by atoms with Crippen molar-refractivity contribution in [1.29, 1.82) is 0 Å². The van der Waals surface area contributed by atoms with Gasteiger partial charge in [-0.3, -0.25) is 19.9 Å². The lowest BCUT2D eigenvalue weighted by molar-refractivity contribution is -0.140. The van der Waals surface area contributed by atoms with Crippen molar-refractivity contribution in [2.45, 2.75) is 19.9 Å². The Balaban J connectivity index is 2.24. The maximum Gasteiger partial charge on any atom is 0.331 e. The third kappa shape index (κ3) is 2.01. The van der Waals surface area contributed by atoms with Crippen molar-refractivity contribution in [1.82, 2.24) is 15.2 Å². The quantitative estimate of drug-likeness (QED) is 0.598. The molecule has 2 rings (SSSR count). The predicted molar refractivity (Wildman–Crippen MR) is 57.7 cm³/mol. The molecule has 0 bridgehead atoms. The number of urea groups is 1. The number of aryl methyl sites for hydroxylation is 1. The van der Waals surface area contributed by atoms with Gasteiger partial charge in [-0.1, -0.05) is 13.0 Å². The van der Waals surface area contributed by atoms with E-state index in [0.29, 0.717) is 5.69 Å². The number of amides is 4. The highest BCUT2D eigenvalue weighted by molar-refractivity contribution is 6.44. The summed E-state index contributed by atoms with van der Waals surface area (Å²) in [6, 6.07) is 2.98. The fourth-order valence-corrected chi connectivity index (χ4v) is 1.66. The summed E-state index contributed by atoms with van der Waals surface area (Å²) in [5, 5.41) is 1.95. The molecule has 0 saturated carbocycles. The van der Waals surface area contributed by atoms with Crippen LogP contribution in [0.4, 0.5) is 4.79 Å². The fraction of sp³-hybridized carbons (Fsp3) is 0.273. The van der Waals surface area contributed by atoms with Gasteiger partial charge in [0.1, 0.15) is 0 Å². The number of hydrogen-bond acceptors (Lipinski definition) is 4. The maximum absolute atomic E-state index is 11.4. The first-order valence-electron chi connectivity index (χ1n) is 5.23. The summed E-state index contributed by atoms with van der Waals surface area (Å²) < 4.78 is 0. The highest BCUT2D eigenvalue weighted by atomic mass is 16.2. The molecule has 88 valence electrons. The van der Waals surface area contributed by atoms with Crippen molar-refractivity contribution in [3.8, 4) is 0 Å². The minimum absolute atomic E-state index is 0.0282. The zero-order chi connectivity index (χ0) is 12.4. The van der Waals surface area contributed by atoms with E-state index in [1.165, 1.54) is 0 Å². The largest absolute Gasteiger partial charge is 0.331 e. The third-order valence-corrected chi connectivity index (χ3v) is 2.58. The predicted octanol–water partition coefficient (Wildman–Crippen LogP) is 0.222. The summed E-state index contributed by atoms with van der Waals surface area (Å²) in [7, 11) is 0. The van der Waals surface area contributed by atoms with Crippen molar-refractivity contribution in [3.05, 3.63) is 29.6 Å². The molecule has 1 aromatic rings. The first kappa shape index (κ1) is 11.3. The number of carbonyl (C=O) groups is 3. The summed E-state index contributed by atoms with van der Waals surface area (Å²) >= 11 is 0. The zero-order valence-electron chi connectivity index (χ0n) is 9.27. The van der Waals surface area contributed by atoms with Crippen molar-refractivity contribution in [2.75, 3.05) is 0 Å². The number of nitrogens with one attached hydrogen (secondary N) is 1. The molecular weight excluding hydrogens is 222 g/mol. The van der Waals surface area contributed by atoms with Gasteiger partial charge >= 0.3 is 17.8 Å².